The topological polar surface area (TPSA) is 46.2 Å². The van der Waals surface area contributed by atoms with Crippen LogP contribution in [-0.2, 0) is 0 Å². The van der Waals surface area contributed by atoms with Crippen LogP contribution in [0.2, 0.25) is 10.0 Å². The first-order valence-corrected chi connectivity index (χ1v) is 5.78. The Morgan fingerprint density at radius 3 is 2.44 bits per heavy atom. The Hall–Kier alpha value is -0.150. The average molecular weight is 283 g/mol. The Morgan fingerprint density at radius 1 is 1.31 bits per heavy atom. The molecule has 1 saturated carbocycles. The molecule has 1 fully saturated rings. The molecule has 1 aliphatic rings. The van der Waals surface area contributed by atoms with Crippen molar-refractivity contribution in [2.24, 2.45) is 11.7 Å². The first kappa shape index (κ1) is 13.9. The Labute approximate surface area is 111 Å². The van der Waals surface area contributed by atoms with Gasteiger partial charge in [-0.2, -0.15) is 0 Å². The van der Waals surface area contributed by atoms with Gasteiger partial charge in [0.2, 0.25) is 0 Å². The lowest BCUT2D eigenvalue weighted by Gasteiger charge is -2.31. The molecule has 16 heavy (non-hydrogen) atoms. The van der Waals surface area contributed by atoms with E-state index in [0.717, 1.165) is 12.8 Å². The Kier molecular flexibility index (Phi) is 4.74. The van der Waals surface area contributed by atoms with Crippen molar-refractivity contribution in [2.75, 3.05) is 0 Å². The average Bonchev–Trinajstić information content (AvgIpc) is 2.08. The summed E-state index contributed by atoms with van der Waals surface area (Å²) in [6, 6.07) is 3.07. The van der Waals surface area contributed by atoms with Crippen LogP contribution in [0.1, 0.15) is 30.9 Å². The summed E-state index contributed by atoms with van der Waals surface area (Å²) in [4.78, 5) is 0. The second-order valence-electron chi connectivity index (χ2n) is 4.04. The standard InChI is InChI=1S/C11H13Cl2NO.ClH/c12-7-4-8(11(15)9(13)5-7)10(14)6-2-1-3-6;/h4-6,10,15H,1-3,14H2;1H/t10-;/m0./s1. The van der Waals surface area contributed by atoms with Crippen LogP contribution < -0.4 is 5.73 Å². The highest BCUT2D eigenvalue weighted by atomic mass is 35.5. The zero-order chi connectivity index (χ0) is 11.0. The van der Waals surface area contributed by atoms with Crippen molar-refractivity contribution >= 4 is 35.6 Å². The summed E-state index contributed by atoms with van der Waals surface area (Å²) >= 11 is 11.7. The maximum atomic E-state index is 9.79. The van der Waals surface area contributed by atoms with E-state index >= 15 is 0 Å². The number of nitrogens with two attached hydrogens (primary N) is 1. The monoisotopic (exact) mass is 281 g/mol. The highest BCUT2D eigenvalue weighted by Gasteiger charge is 2.28. The number of phenols is 1. The van der Waals surface area contributed by atoms with Gasteiger partial charge in [-0.25, -0.2) is 0 Å². The van der Waals surface area contributed by atoms with Gasteiger partial charge in [-0.1, -0.05) is 29.6 Å². The minimum atomic E-state index is -0.157. The molecule has 5 heteroatoms. The lowest BCUT2D eigenvalue weighted by atomic mass is 9.77. The number of aromatic hydroxyl groups is 1. The fourth-order valence-corrected chi connectivity index (χ4v) is 2.40. The van der Waals surface area contributed by atoms with Crippen LogP contribution in [0.25, 0.3) is 0 Å². The Bertz CT molecular complexity index is 380. The number of rotatable bonds is 2. The second kappa shape index (κ2) is 5.46. The van der Waals surface area contributed by atoms with E-state index in [1.54, 1.807) is 6.07 Å². The molecule has 1 aromatic carbocycles. The van der Waals surface area contributed by atoms with Crippen molar-refractivity contribution in [3.63, 3.8) is 0 Å². The van der Waals surface area contributed by atoms with Gasteiger partial charge in [-0.3, -0.25) is 0 Å². The molecule has 0 spiro atoms. The summed E-state index contributed by atoms with van der Waals surface area (Å²) in [6.45, 7) is 0. The van der Waals surface area contributed by atoms with E-state index in [1.807, 2.05) is 0 Å². The van der Waals surface area contributed by atoms with Gasteiger partial charge < -0.3 is 10.8 Å². The quantitative estimate of drug-likeness (QED) is 0.863. The first-order valence-electron chi connectivity index (χ1n) is 5.03. The summed E-state index contributed by atoms with van der Waals surface area (Å²) in [6.07, 6.45) is 3.45. The number of halogens is 3. The van der Waals surface area contributed by atoms with Crippen LogP contribution in [0.4, 0.5) is 0 Å². The molecule has 0 radical (unpaired) electrons. The molecule has 2 rings (SSSR count). The van der Waals surface area contributed by atoms with Crippen LogP contribution in [0.5, 0.6) is 5.75 Å². The zero-order valence-electron chi connectivity index (χ0n) is 8.62. The molecule has 0 bridgehead atoms. The molecule has 90 valence electrons. The minimum absolute atomic E-state index is 0. The van der Waals surface area contributed by atoms with E-state index in [2.05, 4.69) is 0 Å². The minimum Gasteiger partial charge on any atom is -0.506 e. The van der Waals surface area contributed by atoms with Gasteiger partial charge in [0, 0.05) is 16.6 Å². The number of hydrogen-bond donors (Lipinski definition) is 2. The third-order valence-electron chi connectivity index (χ3n) is 3.07. The predicted octanol–water partition coefficient (Wildman–Crippen LogP) is 3.92. The summed E-state index contributed by atoms with van der Waals surface area (Å²) in [7, 11) is 0. The van der Waals surface area contributed by atoms with E-state index in [1.165, 1.54) is 12.5 Å². The normalized spacial score (nSPS) is 17.4. The fraction of sp³-hybridized carbons (Fsp3) is 0.455. The first-order chi connectivity index (χ1) is 7.09. The molecule has 0 saturated heterocycles. The molecule has 1 atom stereocenters. The summed E-state index contributed by atoms with van der Waals surface area (Å²) in [5.74, 6) is 0.519. The maximum absolute atomic E-state index is 9.79. The van der Waals surface area contributed by atoms with Gasteiger partial charge in [-0.05, 0) is 30.9 Å². The smallest absolute Gasteiger partial charge is 0.139 e. The van der Waals surface area contributed by atoms with Crippen molar-refractivity contribution in [2.45, 2.75) is 25.3 Å². The van der Waals surface area contributed by atoms with Gasteiger partial charge >= 0.3 is 0 Å². The number of benzene rings is 1. The second-order valence-corrected chi connectivity index (χ2v) is 4.89. The third kappa shape index (κ3) is 2.57. The van der Waals surface area contributed by atoms with Crippen molar-refractivity contribution < 1.29 is 5.11 Å². The molecule has 0 heterocycles. The van der Waals surface area contributed by atoms with Crippen molar-refractivity contribution in [3.05, 3.63) is 27.7 Å². The molecular formula is C11H14Cl3NO. The van der Waals surface area contributed by atoms with Crippen LogP contribution in [0.15, 0.2) is 12.1 Å². The van der Waals surface area contributed by atoms with E-state index in [-0.39, 0.29) is 29.2 Å². The number of phenolic OH excluding ortho intramolecular Hbond substituents is 1. The largest absolute Gasteiger partial charge is 0.506 e. The predicted molar refractivity (Wildman–Crippen MR) is 69.6 cm³/mol. The van der Waals surface area contributed by atoms with E-state index in [9.17, 15) is 5.11 Å². The van der Waals surface area contributed by atoms with Gasteiger partial charge in [-0.15, -0.1) is 12.4 Å². The van der Waals surface area contributed by atoms with E-state index < -0.39 is 0 Å². The highest BCUT2D eigenvalue weighted by molar-refractivity contribution is 6.35. The van der Waals surface area contributed by atoms with Crippen molar-refractivity contribution in [3.8, 4) is 5.75 Å². The van der Waals surface area contributed by atoms with E-state index in [4.69, 9.17) is 28.9 Å². The van der Waals surface area contributed by atoms with Gasteiger partial charge in [0.15, 0.2) is 0 Å². The maximum Gasteiger partial charge on any atom is 0.139 e. The zero-order valence-corrected chi connectivity index (χ0v) is 10.9. The Morgan fingerprint density at radius 2 is 1.94 bits per heavy atom. The molecule has 0 aliphatic heterocycles. The fourth-order valence-electron chi connectivity index (χ4n) is 1.89. The summed E-state index contributed by atoms with van der Waals surface area (Å²) < 4.78 is 0. The molecule has 1 aromatic rings. The van der Waals surface area contributed by atoms with Crippen LogP contribution >= 0.6 is 35.6 Å². The highest BCUT2D eigenvalue weighted by Crippen LogP contribution is 2.42. The summed E-state index contributed by atoms with van der Waals surface area (Å²) in [5.41, 5.74) is 6.73. The molecule has 2 nitrogen and oxygen atoms in total. The van der Waals surface area contributed by atoms with Gasteiger partial charge in [0.1, 0.15) is 5.75 Å². The molecule has 0 amide bonds. The van der Waals surface area contributed by atoms with Crippen molar-refractivity contribution in [1.29, 1.82) is 0 Å². The van der Waals surface area contributed by atoms with Crippen LogP contribution in [-0.4, -0.2) is 5.11 Å². The Balaban J connectivity index is 0.00000128. The molecular weight excluding hydrogens is 268 g/mol. The SMILES string of the molecule is Cl.N[C@H](c1cc(Cl)cc(Cl)c1O)C1CCC1. The third-order valence-corrected chi connectivity index (χ3v) is 3.58. The molecule has 0 aromatic heterocycles. The number of hydrogen-bond acceptors (Lipinski definition) is 2. The van der Waals surface area contributed by atoms with E-state index in [0.29, 0.717) is 16.5 Å². The van der Waals surface area contributed by atoms with Gasteiger partial charge in [0.05, 0.1) is 5.02 Å². The lowest BCUT2D eigenvalue weighted by Crippen LogP contribution is -2.26. The molecule has 0 unspecified atom stereocenters. The van der Waals surface area contributed by atoms with Gasteiger partial charge in [0.25, 0.3) is 0 Å². The van der Waals surface area contributed by atoms with Crippen molar-refractivity contribution in [1.82, 2.24) is 0 Å². The molecule has 3 N–H and O–H groups in total. The summed E-state index contributed by atoms with van der Waals surface area (Å²) in [5, 5.41) is 10.6. The van der Waals surface area contributed by atoms with Crippen LogP contribution in [0, 0.1) is 5.92 Å². The molecule has 1 aliphatic carbocycles. The van der Waals surface area contributed by atoms with Crippen LogP contribution in [0.3, 0.4) is 0 Å². The lowest BCUT2D eigenvalue weighted by molar-refractivity contribution is 0.260.